The van der Waals surface area contributed by atoms with Gasteiger partial charge in [0.25, 0.3) is 0 Å². The van der Waals surface area contributed by atoms with Crippen LogP contribution in [0.5, 0.6) is 0 Å². The first kappa shape index (κ1) is 9.21. The molecular weight excluding hydrogens is 170 g/mol. The highest BCUT2D eigenvalue weighted by Crippen LogP contribution is 2.46. The van der Waals surface area contributed by atoms with E-state index >= 15 is 0 Å². The second-order valence-electron chi connectivity index (χ2n) is 6.15. The van der Waals surface area contributed by atoms with E-state index in [0.717, 1.165) is 17.9 Å². The molecule has 0 amide bonds. The van der Waals surface area contributed by atoms with Gasteiger partial charge in [0.1, 0.15) is 0 Å². The third-order valence-corrected chi connectivity index (χ3v) is 5.32. The molecule has 0 aromatic carbocycles. The molecule has 2 unspecified atom stereocenters. The highest BCUT2D eigenvalue weighted by Gasteiger charge is 2.49. The van der Waals surface area contributed by atoms with Gasteiger partial charge >= 0.3 is 0 Å². The summed E-state index contributed by atoms with van der Waals surface area (Å²) in [5.74, 6) is 2.21. The van der Waals surface area contributed by atoms with Crippen molar-refractivity contribution in [3.63, 3.8) is 0 Å². The summed E-state index contributed by atoms with van der Waals surface area (Å²) in [5.41, 5.74) is 0. The van der Waals surface area contributed by atoms with Gasteiger partial charge in [-0.3, -0.25) is 0 Å². The molecule has 1 saturated carbocycles. The molecule has 14 heavy (non-hydrogen) atoms. The Kier molecular flexibility index (Phi) is 2.12. The van der Waals surface area contributed by atoms with Gasteiger partial charge in [0.15, 0.2) is 0 Å². The zero-order valence-electron chi connectivity index (χ0n) is 9.54. The van der Waals surface area contributed by atoms with Crippen LogP contribution in [0.15, 0.2) is 0 Å². The van der Waals surface area contributed by atoms with Gasteiger partial charge in [-0.1, -0.05) is 6.42 Å². The van der Waals surface area contributed by atoms with Crippen molar-refractivity contribution in [2.45, 2.75) is 51.0 Å². The van der Waals surface area contributed by atoms with Crippen LogP contribution in [0.4, 0.5) is 0 Å². The highest BCUT2D eigenvalue weighted by atomic mass is 15.4. The van der Waals surface area contributed by atoms with Crippen molar-refractivity contribution in [1.29, 1.82) is 0 Å². The van der Waals surface area contributed by atoms with Crippen molar-refractivity contribution in [3.05, 3.63) is 0 Å². The van der Waals surface area contributed by atoms with Gasteiger partial charge in [-0.25, -0.2) is 0 Å². The maximum absolute atomic E-state index is 2.55. The largest absolute Gasteiger partial charge is 0.323 e. The van der Waals surface area contributed by atoms with Gasteiger partial charge in [-0.2, -0.15) is 0 Å². The van der Waals surface area contributed by atoms with E-state index < -0.39 is 0 Å². The molecule has 3 aliphatic rings. The first-order valence-electron chi connectivity index (χ1n) is 6.64. The lowest BCUT2D eigenvalue weighted by Crippen LogP contribution is -2.64. The molecule has 2 saturated heterocycles. The van der Waals surface area contributed by atoms with E-state index in [2.05, 4.69) is 7.05 Å². The van der Waals surface area contributed by atoms with Crippen LogP contribution < -0.4 is 0 Å². The Morgan fingerprint density at radius 2 is 1.29 bits per heavy atom. The van der Waals surface area contributed by atoms with Crippen LogP contribution in [0.25, 0.3) is 0 Å². The molecular formula is C13H24N+. The van der Waals surface area contributed by atoms with E-state index in [0.29, 0.717) is 0 Å². The summed E-state index contributed by atoms with van der Waals surface area (Å²) in [5, 5.41) is 0. The second-order valence-corrected chi connectivity index (χ2v) is 6.15. The molecule has 4 atom stereocenters. The molecule has 3 fully saturated rings. The fourth-order valence-corrected chi connectivity index (χ4v) is 4.86. The van der Waals surface area contributed by atoms with Crippen molar-refractivity contribution < 1.29 is 4.48 Å². The molecule has 1 heteroatoms. The fraction of sp³-hybridized carbons (Fsp3) is 1.00. The molecule has 0 radical (unpaired) electrons. The van der Waals surface area contributed by atoms with E-state index in [1.807, 2.05) is 0 Å². The summed E-state index contributed by atoms with van der Waals surface area (Å²) in [4.78, 5) is 0. The summed E-state index contributed by atoms with van der Waals surface area (Å²) in [6.07, 6.45) is 10.7. The van der Waals surface area contributed by atoms with Gasteiger partial charge in [0, 0.05) is 11.8 Å². The van der Waals surface area contributed by atoms with Crippen molar-refractivity contribution in [2.75, 3.05) is 20.1 Å². The first-order valence-corrected chi connectivity index (χ1v) is 6.64. The molecule has 2 heterocycles. The van der Waals surface area contributed by atoms with Crippen LogP contribution in [0.2, 0.25) is 0 Å². The zero-order valence-corrected chi connectivity index (χ0v) is 9.54. The number of piperidine rings is 2. The number of hydrogen-bond donors (Lipinski definition) is 0. The van der Waals surface area contributed by atoms with Gasteiger partial charge in [-0.05, 0) is 38.5 Å². The normalized spacial score (nSPS) is 52.5. The maximum atomic E-state index is 2.55. The molecule has 0 bridgehead atoms. The standard InChI is InChI=1S/C13H24N/c1-14-9-3-7-11-5-2-6-12(13(11)14)8-4-10-14/h11-13H,2-10H2,1H3/q+1/t11-,12+,13?,14?. The van der Waals surface area contributed by atoms with E-state index in [4.69, 9.17) is 0 Å². The predicted octanol–water partition coefficient (Wildman–Crippen LogP) is 2.81. The van der Waals surface area contributed by atoms with Crippen LogP contribution >= 0.6 is 0 Å². The minimum absolute atomic E-state index is 1.08. The molecule has 1 nitrogen and oxygen atoms in total. The topological polar surface area (TPSA) is 0 Å². The average molecular weight is 194 g/mol. The molecule has 80 valence electrons. The lowest BCUT2D eigenvalue weighted by atomic mass is 9.67. The minimum atomic E-state index is 1.08. The molecule has 1 aliphatic carbocycles. The number of quaternary nitrogens is 1. The molecule has 0 aromatic rings. The third-order valence-electron chi connectivity index (χ3n) is 5.32. The second kappa shape index (κ2) is 3.23. The summed E-state index contributed by atoms with van der Waals surface area (Å²) in [6, 6.07) is 1.08. The molecule has 2 aliphatic heterocycles. The number of rotatable bonds is 0. The first-order chi connectivity index (χ1) is 6.80. The SMILES string of the molecule is C[N+]12CCC[C@H]3CCC[C@@H](CCC1)C32. The third kappa shape index (κ3) is 1.25. The lowest BCUT2D eigenvalue weighted by molar-refractivity contribution is -0.952. The summed E-state index contributed by atoms with van der Waals surface area (Å²) < 4.78 is 1.45. The van der Waals surface area contributed by atoms with E-state index in [1.165, 1.54) is 36.8 Å². The van der Waals surface area contributed by atoms with Crippen LogP contribution in [-0.4, -0.2) is 30.7 Å². The smallest absolute Gasteiger partial charge is 0.0945 e. The predicted molar refractivity (Wildman–Crippen MR) is 59.0 cm³/mol. The van der Waals surface area contributed by atoms with Crippen molar-refractivity contribution in [3.8, 4) is 0 Å². The average Bonchev–Trinajstić information content (AvgIpc) is 2.18. The zero-order chi connectivity index (χ0) is 9.60. The van der Waals surface area contributed by atoms with Crippen LogP contribution in [0.1, 0.15) is 44.9 Å². The van der Waals surface area contributed by atoms with Crippen molar-refractivity contribution >= 4 is 0 Å². The molecule has 0 spiro atoms. The Morgan fingerprint density at radius 3 is 1.86 bits per heavy atom. The lowest BCUT2D eigenvalue weighted by Gasteiger charge is -2.56. The van der Waals surface area contributed by atoms with Gasteiger partial charge in [0.2, 0.25) is 0 Å². The quantitative estimate of drug-likeness (QED) is 0.520. The Hall–Kier alpha value is -0.0400. The Morgan fingerprint density at radius 1 is 0.786 bits per heavy atom. The minimum Gasteiger partial charge on any atom is -0.323 e. The van der Waals surface area contributed by atoms with Crippen molar-refractivity contribution in [1.82, 2.24) is 0 Å². The van der Waals surface area contributed by atoms with Gasteiger partial charge in [-0.15, -0.1) is 0 Å². The maximum Gasteiger partial charge on any atom is 0.0945 e. The summed E-state index contributed by atoms with van der Waals surface area (Å²) in [7, 11) is 2.55. The van der Waals surface area contributed by atoms with Crippen LogP contribution in [0.3, 0.4) is 0 Å². The summed E-state index contributed by atoms with van der Waals surface area (Å²) in [6.45, 7) is 2.97. The molecule has 3 rings (SSSR count). The van der Waals surface area contributed by atoms with Crippen LogP contribution in [0, 0.1) is 11.8 Å². The van der Waals surface area contributed by atoms with Crippen molar-refractivity contribution in [2.24, 2.45) is 11.8 Å². The van der Waals surface area contributed by atoms with Gasteiger partial charge in [0.05, 0.1) is 26.2 Å². The Bertz CT molecular complexity index is 201. The summed E-state index contributed by atoms with van der Waals surface area (Å²) >= 11 is 0. The number of nitrogens with zero attached hydrogens (tertiary/aromatic N) is 1. The van der Waals surface area contributed by atoms with Crippen LogP contribution in [-0.2, 0) is 0 Å². The van der Waals surface area contributed by atoms with Gasteiger partial charge < -0.3 is 4.48 Å². The van der Waals surface area contributed by atoms with E-state index in [9.17, 15) is 0 Å². The molecule has 0 N–H and O–H groups in total. The van der Waals surface area contributed by atoms with E-state index in [-0.39, 0.29) is 0 Å². The Labute approximate surface area is 88.1 Å². The molecule has 0 aromatic heterocycles. The highest BCUT2D eigenvalue weighted by molar-refractivity contribution is 4.88. The van der Waals surface area contributed by atoms with E-state index in [1.54, 1.807) is 25.7 Å². The Balaban J connectivity index is 1.90. The number of hydrogen-bond acceptors (Lipinski definition) is 0. The fourth-order valence-electron chi connectivity index (χ4n) is 4.86. The monoisotopic (exact) mass is 194 g/mol.